The molecule has 2 rings (SSSR count). The third kappa shape index (κ3) is 1.86. The van der Waals surface area contributed by atoms with Gasteiger partial charge in [-0.2, -0.15) is 4.98 Å². The van der Waals surface area contributed by atoms with Gasteiger partial charge in [0.25, 0.3) is 0 Å². The van der Waals surface area contributed by atoms with Gasteiger partial charge in [-0.1, -0.05) is 6.07 Å². The average Bonchev–Trinajstić information content (AvgIpc) is 2.42. The van der Waals surface area contributed by atoms with E-state index in [1.54, 1.807) is 4.52 Å². The van der Waals surface area contributed by atoms with Gasteiger partial charge in [-0.25, -0.2) is 4.52 Å². The molecule has 0 aliphatic carbocycles. The van der Waals surface area contributed by atoms with Crippen LogP contribution in [0.5, 0.6) is 0 Å². The molecule has 14 heavy (non-hydrogen) atoms. The third-order valence-corrected chi connectivity index (χ3v) is 2.08. The van der Waals surface area contributed by atoms with Gasteiger partial charge in [-0.05, 0) is 36.6 Å². The Hall–Kier alpha value is -1.13. The number of nitrogens with two attached hydrogens (primary N) is 1. The molecule has 0 aliphatic rings. The fourth-order valence-electron chi connectivity index (χ4n) is 1.39. The number of pyridine rings is 1. The molecule has 4 nitrogen and oxygen atoms in total. The molecule has 0 saturated heterocycles. The maximum absolute atomic E-state index is 5.70. The van der Waals surface area contributed by atoms with Crippen molar-refractivity contribution in [2.24, 2.45) is 5.73 Å². The van der Waals surface area contributed by atoms with E-state index in [4.69, 9.17) is 17.3 Å². The van der Waals surface area contributed by atoms with E-state index in [2.05, 4.69) is 10.1 Å². The van der Waals surface area contributed by atoms with Crippen LogP contribution in [0.1, 0.15) is 12.5 Å². The maximum Gasteiger partial charge on any atom is 0.243 e. The molecule has 1 unspecified atom stereocenters. The first-order chi connectivity index (χ1) is 6.65. The third-order valence-electron chi connectivity index (χ3n) is 1.92. The quantitative estimate of drug-likeness (QED) is 0.812. The van der Waals surface area contributed by atoms with Crippen LogP contribution in [-0.2, 0) is 6.42 Å². The Morgan fingerprint density at radius 1 is 1.57 bits per heavy atom. The number of aromatic nitrogens is 3. The summed E-state index contributed by atoms with van der Waals surface area (Å²) in [6.07, 6.45) is 2.73. The van der Waals surface area contributed by atoms with Gasteiger partial charge < -0.3 is 5.73 Å². The van der Waals surface area contributed by atoms with Crippen LogP contribution >= 0.6 is 11.6 Å². The van der Waals surface area contributed by atoms with Crippen LogP contribution in [-0.4, -0.2) is 20.6 Å². The van der Waals surface area contributed by atoms with Crippen LogP contribution in [0.2, 0.25) is 5.28 Å². The van der Waals surface area contributed by atoms with Gasteiger partial charge >= 0.3 is 0 Å². The van der Waals surface area contributed by atoms with E-state index >= 15 is 0 Å². The molecule has 2 aromatic rings. The summed E-state index contributed by atoms with van der Waals surface area (Å²) in [5, 5.41) is 4.28. The SMILES string of the molecule is CC(N)Cc1ccc2nc(Cl)nn2c1. The normalized spacial score (nSPS) is 13.4. The summed E-state index contributed by atoms with van der Waals surface area (Å²) in [7, 11) is 0. The van der Waals surface area contributed by atoms with Crippen molar-refractivity contribution in [3.8, 4) is 0 Å². The lowest BCUT2D eigenvalue weighted by molar-refractivity contribution is 0.732. The highest BCUT2D eigenvalue weighted by atomic mass is 35.5. The van der Waals surface area contributed by atoms with Crippen molar-refractivity contribution in [3.05, 3.63) is 29.2 Å². The van der Waals surface area contributed by atoms with E-state index in [1.807, 2.05) is 25.3 Å². The van der Waals surface area contributed by atoms with Gasteiger partial charge in [-0.15, -0.1) is 5.10 Å². The minimum absolute atomic E-state index is 0.145. The first-order valence-electron chi connectivity index (χ1n) is 4.41. The Kier molecular flexibility index (Phi) is 2.39. The molecule has 5 heteroatoms. The minimum atomic E-state index is 0.145. The van der Waals surface area contributed by atoms with Gasteiger partial charge in [0.1, 0.15) is 0 Å². The largest absolute Gasteiger partial charge is 0.328 e. The van der Waals surface area contributed by atoms with E-state index in [1.165, 1.54) is 0 Å². The minimum Gasteiger partial charge on any atom is -0.328 e. The molecule has 2 aromatic heterocycles. The molecule has 74 valence electrons. The predicted octanol–water partition coefficient (Wildman–Crippen LogP) is 1.27. The smallest absolute Gasteiger partial charge is 0.243 e. The second-order valence-corrected chi connectivity index (χ2v) is 3.74. The average molecular weight is 211 g/mol. The molecule has 0 saturated carbocycles. The van der Waals surface area contributed by atoms with Crippen LogP contribution in [0.4, 0.5) is 0 Å². The molecule has 2 heterocycles. The maximum atomic E-state index is 5.70. The van der Waals surface area contributed by atoms with Crippen LogP contribution in [0.25, 0.3) is 5.65 Å². The Bertz CT molecular complexity index is 449. The van der Waals surface area contributed by atoms with Crippen LogP contribution in [0, 0.1) is 0 Å². The second kappa shape index (κ2) is 3.55. The Labute approximate surface area is 86.7 Å². The summed E-state index contributed by atoms with van der Waals surface area (Å²) in [6, 6.07) is 4.02. The van der Waals surface area contributed by atoms with E-state index < -0.39 is 0 Å². The molecule has 2 N–H and O–H groups in total. The van der Waals surface area contributed by atoms with Crippen LogP contribution in [0.15, 0.2) is 18.3 Å². The highest BCUT2D eigenvalue weighted by Crippen LogP contribution is 2.08. The highest BCUT2D eigenvalue weighted by molar-refractivity contribution is 6.28. The molecule has 0 fully saturated rings. The zero-order chi connectivity index (χ0) is 10.1. The van der Waals surface area contributed by atoms with Crippen molar-refractivity contribution < 1.29 is 0 Å². The molecule has 0 amide bonds. The van der Waals surface area contributed by atoms with Gasteiger partial charge in [0.15, 0.2) is 5.65 Å². The fourth-order valence-corrected chi connectivity index (χ4v) is 1.56. The number of halogens is 1. The number of rotatable bonds is 2. The summed E-state index contributed by atoms with van der Waals surface area (Å²) in [6.45, 7) is 1.97. The lowest BCUT2D eigenvalue weighted by Crippen LogP contribution is -2.17. The standard InChI is InChI=1S/C9H11ClN4/c1-6(11)4-7-2-3-8-12-9(10)13-14(8)5-7/h2-3,5-6H,4,11H2,1H3. The second-order valence-electron chi connectivity index (χ2n) is 3.40. The number of nitrogens with zero attached hydrogens (tertiary/aromatic N) is 3. The first-order valence-corrected chi connectivity index (χ1v) is 4.79. The van der Waals surface area contributed by atoms with E-state index in [-0.39, 0.29) is 11.3 Å². The summed E-state index contributed by atoms with van der Waals surface area (Å²) in [5.41, 5.74) is 7.59. The van der Waals surface area contributed by atoms with Crippen LogP contribution < -0.4 is 5.73 Å². The summed E-state index contributed by atoms with van der Waals surface area (Å²) in [4.78, 5) is 4.02. The van der Waals surface area contributed by atoms with Crippen molar-refractivity contribution in [2.45, 2.75) is 19.4 Å². The van der Waals surface area contributed by atoms with Crippen molar-refractivity contribution in [3.63, 3.8) is 0 Å². The number of hydrogen-bond donors (Lipinski definition) is 1. The number of fused-ring (bicyclic) bond motifs is 1. The zero-order valence-corrected chi connectivity index (χ0v) is 8.57. The number of hydrogen-bond acceptors (Lipinski definition) is 3. The van der Waals surface area contributed by atoms with E-state index in [9.17, 15) is 0 Å². The van der Waals surface area contributed by atoms with Gasteiger partial charge in [-0.3, -0.25) is 0 Å². The van der Waals surface area contributed by atoms with Crippen molar-refractivity contribution in [1.82, 2.24) is 14.6 Å². The summed E-state index contributed by atoms with van der Waals surface area (Å²) < 4.78 is 1.67. The molecular weight excluding hydrogens is 200 g/mol. The first kappa shape index (κ1) is 9.43. The van der Waals surface area contributed by atoms with Crippen molar-refractivity contribution in [2.75, 3.05) is 0 Å². The van der Waals surface area contributed by atoms with Crippen molar-refractivity contribution >= 4 is 17.2 Å². The zero-order valence-electron chi connectivity index (χ0n) is 7.81. The molecule has 1 atom stereocenters. The Balaban J connectivity index is 2.40. The molecule has 0 aromatic carbocycles. The summed E-state index contributed by atoms with van der Waals surface area (Å²) >= 11 is 5.67. The van der Waals surface area contributed by atoms with Gasteiger partial charge in [0.2, 0.25) is 5.28 Å². The highest BCUT2D eigenvalue weighted by Gasteiger charge is 2.03. The molecule has 0 radical (unpaired) electrons. The van der Waals surface area contributed by atoms with Gasteiger partial charge in [0, 0.05) is 12.2 Å². The summed E-state index contributed by atoms with van der Waals surface area (Å²) in [5.74, 6) is 0. The van der Waals surface area contributed by atoms with Crippen LogP contribution in [0.3, 0.4) is 0 Å². The van der Waals surface area contributed by atoms with Gasteiger partial charge in [0.05, 0.1) is 0 Å². The lowest BCUT2D eigenvalue weighted by atomic mass is 10.1. The van der Waals surface area contributed by atoms with E-state index in [0.717, 1.165) is 17.6 Å². The predicted molar refractivity (Wildman–Crippen MR) is 55.4 cm³/mol. The topological polar surface area (TPSA) is 56.2 Å². The van der Waals surface area contributed by atoms with E-state index in [0.29, 0.717) is 0 Å². The molecule has 0 aliphatic heterocycles. The molecule has 0 bridgehead atoms. The fraction of sp³-hybridized carbons (Fsp3) is 0.333. The monoisotopic (exact) mass is 210 g/mol. The molecular formula is C9H11ClN4. The molecule has 0 spiro atoms. The lowest BCUT2D eigenvalue weighted by Gasteiger charge is -2.04. The Morgan fingerprint density at radius 2 is 2.36 bits per heavy atom. The van der Waals surface area contributed by atoms with Crippen molar-refractivity contribution in [1.29, 1.82) is 0 Å². The Morgan fingerprint density at radius 3 is 3.07 bits per heavy atom.